The molecule has 1 fully saturated rings. The van der Waals surface area contributed by atoms with E-state index in [2.05, 4.69) is 16.8 Å². The highest BCUT2D eigenvalue weighted by Gasteiger charge is 2.25. The van der Waals surface area contributed by atoms with E-state index >= 15 is 0 Å². The summed E-state index contributed by atoms with van der Waals surface area (Å²) < 4.78 is 0. The Balaban J connectivity index is 1.58. The number of nitrogens with zero attached hydrogens (tertiary/aromatic N) is 2. The number of benzene rings is 1. The van der Waals surface area contributed by atoms with Crippen molar-refractivity contribution in [2.75, 3.05) is 31.5 Å². The van der Waals surface area contributed by atoms with Gasteiger partial charge in [-0.1, -0.05) is 31.2 Å². The summed E-state index contributed by atoms with van der Waals surface area (Å²) in [5.41, 5.74) is 2.70. The maximum Gasteiger partial charge on any atom is 0.326 e. The number of likely N-dealkylation sites (tertiary alicyclic amines) is 1. The minimum Gasteiger partial charge on any atom is -0.307 e. The number of para-hydroxylation sites is 1. The van der Waals surface area contributed by atoms with Gasteiger partial charge < -0.3 is 10.2 Å². The van der Waals surface area contributed by atoms with Crippen LogP contribution in [0.25, 0.3) is 5.70 Å². The average Bonchev–Trinajstić information content (AvgIpc) is 2.51. The van der Waals surface area contributed by atoms with Gasteiger partial charge in [0, 0.05) is 17.8 Å². The van der Waals surface area contributed by atoms with E-state index in [1.54, 1.807) is 4.90 Å². The van der Waals surface area contributed by atoms with Crippen LogP contribution in [0.1, 0.15) is 31.2 Å². The number of carbonyl (C=O) groups is 1. The van der Waals surface area contributed by atoms with Crippen LogP contribution in [0.3, 0.4) is 0 Å². The van der Waals surface area contributed by atoms with Crippen molar-refractivity contribution in [3.63, 3.8) is 0 Å². The molecule has 0 unspecified atom stereocenters. The normalized spacial score (nSPS) is 19.3. The second-order valence-electron chi connectivity index (χ2n) is 5.83. The number of anilines is 1. The van der Waals surface area contributed by atoms with E-state index in [0.717, 1.165) is 36.5 Å². The predicted octanol–water partition coefficient (Wildman–Crippen LogP) is 3.38. The Hall–Kier alpha value is -1.81. The molecule has 1 N–H and O–H groups in total. The van der Waals surface area contributed by atoms with E-state index < -0.39 is 0 Å². The highest BCUT2D eigenvalue weighted by Crippen LogP contribution is 2.30. The maximum atomic E-state index is 12.2. The first kappa shape index (κ1) is 14.1. The summed E-state index contributed by atoms with van der Waals surface area (Å²) in [6.07, 6.45) is 4.97. The first-order valence-corrected chi connectivity index (χ1v) is 7.85. The fourth-order valence-electron chi connectivity index (χ4n) is 3.17. The monoisotopic (exact) mass is 285 g/mol. The molecule has 0 bridgehead atoms. The number of hydrogen-bond acceptors (Lipinski definition) is 2. The van der Waals surface area contributed by atoms with Crippen LogP contribution < -0.4 is 5.32 Å². The lowest BCUT2D eigenvalue weighted by molar-refractivity contribution is 0.210. The smallest absolute Gasteiger partial charge is 0.307 e. The van der Waals surface area contributed by atoms with Gasteiger partial charge >= 0.3 is 6.03 Å². The van der Waals surface area contributed by atoms with Crippen molar-refractivity contribution in [1.82, 2.24) is 9.80 Å². The number of urea groups is 1. The Morgan fingerprint density at radius 2 is 1.86 bits per heavy atom. The molecule has 1 aromatic rings. The molecule has 2 aliphatic rings. The van der Waals surface area contributed by atoms with Gasteiger partial charge in [0.2, 0.25) is 0 Å². The topological polar surface area (TPSA) is 35.6 Å². The molecule has 21 heavy (non-hydrogen) atoms. The molecule has 0 aliphatic carbocycles. The van der Waals surface area contributed by atoms with Gasteiger partial charge in [-0.15, -0.1) is 0 Å². The lowest BCUT2D eigenvalue weighted by atomic mass is 10.1. The summed E-state index contributed by atoms with van der Waals surface area (Å²) in [5, 5.41) is 2.94. The molecule has 2 aliphatic heterocycles. The third-order valence-electron chi connectivity index (χ3n) is 4.36. The number of amides is 2. The molecule has 2 amide bonds. The van der Waals surface area contributed by atoms with Gasteiger partial charge in [0.05, 0.1) is 5.69 Å². The summed E-state index contributed by atoms with van der Waals surface area (Å²) in [6.45, 7) is 8.31. The van der Waals surface area contributed by atoms with E-state index in [9.17, 15) is 4.79 Å². The fourth-order valence-corrected chi connectivity index (χ4v) is 3.17. The number of nitrogens with one attached hydrogen (secondary N) is 1. The second-order valence-corrected chi connectivity index (χ2v) is 5.83. The number of carbonyl (C=O) groups excluding carboxylic acids is 1. The first-order valence-electron chi connectivity index (χ1n) is 7.85. The Bertz CT molecular complexity index is 535. The van der Waals surface area contributed by atoms with Gasteiger partial charge in [0.15, 0.2) is 0 Å². The molecule has 0 atom stereocenters. The zero-order valence-electron chi connectivity index (χ0n) is 12.5. The van der Waals surface area contributed by atoms with E-state index in [-0.39, 0.29) is 6.03 Å². The summed E-state index contributed by atoms with van der Waals surface area (Å²) >= 11 is 0. The molecule has 2 heterocycles. The first-order chi connectivity index (χ1) is 10.3. The van der Waals surface area contributed by atoms with Crippen LogP contribution in [0, 0.1) is 0 Å². The van der Waals surface area contributed by atoms with Crippen LogP contribution in [-0.4, -0.2) is 42.0 Å². The third kappa shape index (κ3) is 3.10. The minimum absolute atomic E-state index is 0.0580. The van der Waals surface area contributed by atoms with Crippen LogP contribution in [0.5, 0.6) is 0 Å². The minimum atomic E-state index is -0.0580. The van der Waals surface area contributed by atoms with Crippen molar-refractivity contribution < 1.29 is 4.79 Å². The van der Waals surface area contributed by atoms with Crippen LogP contribution in [0.4, 0.5) is 10.5 Å². The van der Waals surface area contributed by atoms with Gasteiger partial charge in [-0.2, -0.15) is 0 Å². The zero-order chi connectivity index (χ0) is 14.7. The number of hydrogen-bond donors (Lipinski definition) is 1. The Morgan fingerprint density at radius 1 is 1.10 bits per heavy atom. The molecule has 4 heteroatoms. The quantitative estimate of drug-likeness (QED) is 0.920. The van der Waals surface area contributed by atoms with Gasteiger partial charge in [-0.25, -0.2) is 4.79 Å². The molecule has 0 aromatic heterocycles. The molecule has 1 saturated heterocycles. The van der Waals surface area contributed by atoms with Crippen LogP contribution in [-0.2, 0) is 0 Å². The predicted molar refractivity (Wildman–Crippen MR) is 86.1 cm³/mol. The highest BCUT2D eigenvalue weighted by atomic mass is 16.2. The van der Waals surface area contributed by atoms with Crippen LogP contribution >= 0.6 is 0 Å². The van der Waals surface area contributed by atoms with Gasteiger partial charge in [-0.05, 0) is 45.0 Å². The Morgan fingerprint density at radius 3 is 2.67 bits per heavy atom. The SMILES string of the molecule is C=C1c2ccccc2NC(=O)N1CCCN1CCCCC1. The van der Waals surface area contributed by atoms with Crippen LogP contribution in [0.15, 0.2) is 30.8 Å². The van der Waals surface area contributed by atoms with Gasteiger partial charge in [0.1, 0.15) is 0 Å². The van der Waals surface area contributed by atoms with Crippen molar-refractivity contribution in [2.45, 2.75) is 25.7 Å². The molecule has 3 rings (SSSR count). The third-order valence-corrected chi connectivity index (χ3v) is 4.36. The van der Waals surface area contributed by atoms with Gasteiger partial charge in [0.25, 0.3) is 0 Å². The van der Waals surface area contributed by atoms with Crippen molar-refractivity contribution in [1.29, 1.82) is 0 Å². The summed E-state index contributed by atoms with van der Waals surface area (Å²) in [4.78, 5) is 16.5. The van der Waals surface area contributed by atoms with Crippen molar-refractivity contribution in [3.8, 4) is 0 Å². The summed E-state index contributed by atoms with van der Waals surface area (Å²) in [6, 6.07) is 7.78. The van der Waals surface area contributed by atoms with Crippen molar-refractivity contribution in [2.24, 2.45) is 0 Å². The zero-order valence-corrected chi connectivity index (χ0v) is 12.5. The molecular weight excluding hydrogens is 262 g/mol. The average molecular weight is 285 g/mol. The van der Waals surface area contributed by atoms with E-state index in [1.807, 2.05) is 24.3 Å². The maximum absolute atomic E-state index is 12.2. The lowest BCUT2D eigenvalue weighted by Crippen LogP contribution is -2.39. The standard InChI is InChI=1S/C17H23N3O/c1-14-15-8-3-4-9-16(15)18-17(21)20(14)13-7-12-19-10-5-2-6-11-19/h3-4,8-9H,1-2,5-7,10-13H2,(H,18,21). The Labute approximate surface area is 126 Å². The fraction of sp³-hybridized carbons (Fsp3) is 0.471. The lowest BCUT2D eigenvalue weighted by Gasteiger charge is -2.32. The van der Waals surface area contributed by atoms with Gasteiger partial charge in [-0.3, -0.25) is 4.90 Å². The van der Waals surface area contributed by atoms with E-state index in [4.69, 9.17) is 0 Å². The molecule has 0 saturated carbocycles. The number of rotatable bonds is 4. The summed E-state index contributed by atoms with van der Waals surface area (Å²) in [5.74, 6) is 0. The molecule has 112 valence electrons. The molecule has 0 spiro atoms. The summed E-state index contributed by atoms with van der Waals surface area (Å²) in [7, 11) is 0. The van der Waals surface area contributed by atoms with Crippen molar-refractivity contribution in [3.05, 3.63) is 36.4 Å². The molecule has 4 nitrogen and oxygen atoms in total. The number of fused-ring (bicyclic) bond motifs is 1. The Kier molecular flexibility index (Phi) is 4.25. The molecule has 0 radical (unpaired) electrons. The molecule has 1 aromatic carbocycles. The van der Waals surface area contributed by atoms with Crippen molar-refractivity contribution >= 4 is 17.4 Å². The largest absolute Gasteiger partial charge is 0.326 e. The highest BCUT2D eigenvalue weighted by molar-refractivity contribution is 6.02. The van der Waals surface area contributed by atoms with E-state index in [1.165, 1.54) is 32.4 Å². The number of piperidine rings is 1. The van der Waals surface area contributed by atoms with Crippen LogP contribution in [0.2, 0.25) is 0 Å². The second kappa shape index (κ2) is 6.31. The van der Waals surface area contributed by atoms with E-state index in [0.29, 0.717) is 0 Å². The molecular formula is C17H23N3O.